The topological polar surface area (TPSA) is 98.5 Å². The summed E-state index contributed by atoms with van der Waals surface area (Å²) in [6.45, 7) is 1.81. The van der Waals surface area contributed by atoms with E-state index in [0.717, 1.165) is 53.4 Å². The molecule has 0 spiro atoms. The Bertz CT molecular complexity index is 1530. The number of nitrogens with one attached hydrogen (secondary N) is 1. The Labute approximate surface area is 235 Å². The number of halogens is 3. The largest absolute Gasteiger partial charge is 0.433 e. The number of aromatic amines is 1. The first kappa shape index (κ1) is 28.5. The summed E-state index contributed by atoms with van der Waals surface area (Å²) in [5.74, 6) is -0.245. The molecule has 41 heavy (non-hydrogen) atoms. The van der Waals surface area contributed by atoms with Crippen molar-refractivity contribution >= 4 is 5.91 Å². The molecule has 216 valence electrons. The molecular weight excluding hydrogens is 533 g/mol. The summed E-state index contributed by atoms with van der Waals surface area (Å²) in [4.78, 5) is 26.8. The number of unbranched alkanes of at least 4 members (excludes halogenated alkanes) is 1. The predicted octanol–water partition coefficient (Wildman–Crippen LogP) is 6.52. The second-order valence-electron chi connectivity index (χ2n) is 10.7. The van der Waals surface area contributed by atoms with Crippen molar-refractivity contribution in [2.75, 3.05) is 0 Å². The van der Waals surface area contributed by atoms with Gasteiger partial charge in [-0.15, -0.1) is 5.10 Å². The molecule has 2 aromatic heterocycles. The van der Waals surface area contributed by atoms with Crippen molar-refractivity contribution in [2.45, 2.75) is 77.4 Å². The second kappa shape index (κ2) is 12.2. The Morgan fingerprint density at radius 2 is 1.73 bits per heavy atom. The quantitative estimate of drug-likeness (QED) is 0.249. The van der Waals surface area contributed by atoms with Crippen molar-refractivity contribution in [1.29, 1.82) is 0 Å². The first-order valence-electron chi connectivity index (χ1n) is 14.1. The molecule has 4 aromatic rings. The highest BCUT2D eigenvalue weighted by Crippen LogP contribution is 2.35. The molecule has 8 nitrogen and oxygen atoms in total. The van der Waals surface area contributed by atoms with Crippen LogP contribution in [0.2, 0.25) is 0 Å². The SMILES string of the molecule is CCCCc1c(C(F)(F)F)n(C(=O)CC2CCCCC2)c(=O)n1Cc1ccc(-c2ccccc2-c2nnn[nH]2)cc1. The van der Waals surface area contributed by atoms with Crippen LogP contribution < -0.4 is 5.69 Å². The van der Waals surface area contributed by atoms with E-state index in [4.69, 9.17) is 0 Å². The van der Waals surface area contributed by atoms with Crippen LogP contribution in [0.5, 0.6) is 0 Å². The van der Waals surface area contributed by atoms with Crippen molar-refractivity contribution in [2.24, 2.45) is 5.92 Å². The normalized spacial score (nSPS) is 14.4. The molecule has 0 atom stereocenters. The first-order chi connectivity index (χ1) is 19.8. The Kier molecular flexibility index (Phi) is 8.51. The van der Waals surface area contributed by atoms with E-state index in [1.54, 1.807) is 12.1 Å². The number of carbonyl (C=O) groups is 1. The number of alkyl halides is 3. The van der Waals surface area contributed by atoms with E-state index in [0.29, 0.717) is 28.8 Å². The van der Waals surface area contributed by atoms with Crippen molar-refractivity contribution < 1.29 is 18.0 Å². The van der Waals surface area contributed by atoms with Gasteiger partial charge in [0.2, 0.25) is 5.91 Å². The molecule has 11 heteroatoms. The van der Waals surface area contributed by atoms with Gasteiger partial charge >= 0.3 is 11.9 Å². The lowest BCUT2D eigenvalue weighted by Crippen LogP contribution is -2.33. The zero-order valence-electron chi connectivity index (χ0n) is 23.0. The zero-order chi connectivity index (χ0) is 29.0. The third-order valence-electron chi connectivity index (χ3n) is 7.85. The highest BCUT2D eigenvalue weighted by Gasteiger charge is 2.42. The minimum absolute atomic E-state index is 0.00911. The van der Waals surface area contributed by atoms with E-state index >= 15 is 0 Å². The molecule has 5 rings (SSSR count). The number of carbonyl (C=O) groups excluding carboxylic acids is 1. The third-order valence-corrected chi connectivity index (χ3v) is 7.85. The number of nitrogens with zero attached hydrogens (tertiary/aromatic N) is 5. The minimum Gasteiger partial charge on any atom is -0.291 e. The van der Waals surface area contributed by atoms with Gasteiger partial charge in [0, 0.05) is 12.0 Å². The van der Waals surface area contributed by atoms with Crippen LogP contribution in [0.3, 0.4) is 0 Å². The molecular formula is C30H33F3N6O2. The van der Waals surface area contributed by atoms with E-state index in [1.807, 2.05) is 43.3 Å². The Balaban J connectivity index is 1.50. The summed E-state index contributed by atoms with van der Waals surface area (Å²) in [5, 5.41) is 14.0. The van der Waals surface area contributed by atoms with Crippen molar-refractivity contribution in [1.82, 2.24) is 29.8 Å². The molecule has 0 aliphatic heterocycles. The number of hydrogen-bond acceptors (Lipinski definition) is 5. The number of rotatable bonds is 9. The highest BCUT2D eigenvalue weighted by molar-refractivity contribution is 5.81. The fourth-order valence-corrected chi connectivity index (χ4v) is 5.79. The first-order valence-corrected chi connectivity index (χ1v) is 14.1. The maximum atomic E-state index is 14.5. The van der Waals surface area contributed by atoms with Gasteiger partial charge < -0.3 is 0 Å². The predicted molar refractivity (Wildman–Crippen MR) is 148 cm³/mol. The third kappa shape index (κ3) is 6.18. The lowest BCUT2D eigenvalue weighted by molar-refractivity contribution is -0.143. The van der Waals surface area contributed by atoms with Crippen LogP contribution >= 0.6 is 0 Å². The van der Waals surface area contributed by atoms with E-state index in [1.165, 1.54) is 0 Å². The average Bonchev–Trinajstić information content (AvgIpc) is 3.60. The van der Waals surface area contributed by atoms with Gasteiger partial charge in [-0.1, -0.05) is 81.1 Å². The zero-order valence-corrected chi connectivity index (χ0v) is 23.0. The van der Waals surface area contributed by atoms with Crippen molar-refractivity contribution in [3.05, 3.63) is 76.0 Å². The molecule has 1 aliphatic carbocycles. The standard InChI is InChI=1S/C30H33F3N6O2/c1-2-3-13-25-27(30(31,32)33)39(26(40)18-20-9-5-4-6-10-20)29(41)38(25)19-21-14-16-22(17-15-21)23-11-7-8-12-24(23)28-34-36-37-35-28/h7-8,11-12,14-17,20H,2-6,9-10,13,18-19H2,1H3,(H,34,35,36,37). The van der Waals surface area contributed by atoms with E-state index < -0.39 is 23.5 Å². The van der Waals surface area contributed by atoms with E-state index in [-0.39, 0.29) is 31.0 Å². The monoisotopic (exact) mass is 566 g/mol. The Hall–Kier alpha value is -4.02. The van der Waals surface area contributed by atoms with Crippen LogP contribution in [-0.4, -0.2) is 35.7 Å². The summed E-state index contributed by atoms with van der Waals surface area (Å²) >= 11 is 0. The van der Waals surface area contributed by atoms with Crippen LogP contribution in [0, 0.1) is 5.92 Å². The van der Waals surface area contributed by atoms with Gasteiger partial charge in [0.1, 0.15) is 0 Å². The maximum Gasteiger partial charge on any atom is 0.433 e. The summed E-state index contributed by atoms with van der Waals surface area (Å²) < 4.78 is 44.9. The lowest BCUT2D eigenvalue weighted by atomic mass is 9.87. The summed E-state index contributed by atoms with van der Waals surface area (Å²) in [6.07, 6.45) is 0.875. The molecule has 2 heterocycles. The van der Waals surface area contributed by atoms with Crippen LogP contribution in [-0.2, 0) is 19.1 Å². The molecule has 0 amide bonds. The number of hydrogen-bond donors (Lipinski definition) is 1. The van der Waals surface area contributed by atoms with Gasteiger partial charge in [-0.05, 0) is 58.7 Å². The molecule has 1 fully saturated rings. The van der Waals surface area contributed by atoms with Crippen LogP contribution in [0.1, 0.15) is 80.0 Å². The summed E-state index contributed by atoms with van der Waals surface area (Å²) in [6, 6.07) is 14.9. The van der Waals surface area contributed by atoms with Gasteiger partial charge in [-0.25, -0.2) is 14.5 Å². The molecule has 0 bridgehead atoms. The second-order valence-corrected chi connectivity index (χ2v) is 10.7. The lowest BCUT2D eigenvalue weighted by Gasteiger charge is -2.21. The molecule has 0 radical (unpaired) electrons. The van der Waals surface area contributed by atoms with E-state index in [2.05, 4.69) is 20.6 Å². The molecule has 1 N–H and O–H groups in total. The Morgan fingerprint density at radius 1 is 1.02 bits per heavy atom. The smallest absolute Gasteiger partial charge is 0.291 e. The number of tetrazole rings is 1. The Morgan fingerprint density at radius 3 is 2.37 bits per heavy atom. The van der Waals surface area contributed by atoms with Gasteiger partial charge in [0.05, 0.1) is 12.2 Å². The van der Waals surface area contributed by atoms with Gasteiger partial charge in [0.25, 0.3) is 0 Å². The van der Waals surface area contributed by atoms with Crippen LogP contribution in [0.15, 0.2) is 53.3 Å². The van der Waals surface area contributed by atoms with Crippen molar-refractivity contribution in [3.63, 3.8) is 0 Å². The molecule has 2 aromatic carbocycles. The molecule has 0 unspecified atom stereocenters. The van der Waals surface area contributed by atoms with Gasteiger partial charge in [-0.2, -0.15) is 13.2 Å². The van der Waals surface area contributed by atoms with Gasteiger partial charge in [0.15, 0.2) is 11.5 Å². The van der Waals surface area contributed by atoms with Gasteiger partial charge in [-0.3, -0.25) is 9.36 Å². The number of aromatic nitrogens is 6. The summed E-state index contributed by atoms with van der Waals surface area (Å²) in [7, 11) is 0. The highest BCUT2D eigenvalue weighted by atomic mass is 19.4. The fourth-order valence-electron chi connectivity index (χ4n) is 5.79. The summed E-state index contributed by atoms with van der Waals surface area (Å²) in [5.41, 5.74) is 1.01. The molecule has 0 saturated heterocycles. The number of benzene rings is 2. The molecule has 1 saturated carbocycles. The van der Waals surface area contributed by atoms with Crippen LogP contribution in [0.25, 0.3) is 22.5 Å². The minimum atomic E-state index is -4.83. The number of imidazole rings is 1. The van der Waals surface area contributed by atoms with Crippen LogP contribution in [0.4, 0.5) is 13.2 Å². The number of H-pyrrole nitrogens is 1. The molecule has 1 aliphatic rings. The average molecular weight is 567 g/mol. The fraction of sp³-hybridized carbons (Fsp3) is 0.433. The van der Waals surface area contributed by atoms with E-state index in [9.17, 15) is 22.8 Å². The maximum absolute atomic E-state index is 14.5. The van der Waals surface area contributed by atoms with Crippen molar-refractivity contribution in [3.8, 4) is 22.5 Å².